The van der Waals surface area contributed by atoms with Crippen LogP contribution in [-0.4, -0.2) is 36.6 Å². The molecule has 8 nitrogen and oxygen atoms in total. The summed E-state index contributed by atoms with van der Waals surface area (Å²) in [5.41, 5.74) is 3.39. The van der Waals surface area contributed by atoms with Crippen molar-refractivity contribution in [1.82, 2.24) is 4.57 Å². The summed E-state index contributed by atoms with van der Waals surface area (Å²) in [4.78, 5) is 37.4. The van der Waals surface area contributed by atoms with Gasteiger partial charge in [-0.3, -0.25) is 9.59 Å². The van der Waals surface area contributed by atoms with Gasteiger partial charge < -0.3 is 23.2 Å². The van der Waals surface area contributed by atoms with Crippen molar-refractivity contribution in [3.8, 4) is 11.5 Å². The number of rotatable bonds is 9. The number of benzene rings is 2. The Hall–Kier alpha value is -4.07. The molecule has 0 spiro atoms. The molecule has 36 heavy (non-hydrogen) atoms. The molecule has 0 aliphatic heterocycles. The molecule has 0 N–H and O–H groups in total. The first-order valence-corrected chi connectivity index (χ1v) is 11.8. The number of fused-ring (bicyclic) bond motifs is 2. The second-order valence-electron chi connectivity index (χ2n) is 8.57. The highest BCUT2D eigenvalue weighted by Gasteiger charge is 2.20. The number of nitrogens with zero attached hydrogens (tertiary/aromatic N) is 1. The van der Waals surface area contributed by atoms with Crippen LogP contribution in [0.15, 0.2) is 45.6 Å². The Kier molecular flexibility index (Phi) is 7.15. The van der Waals surface area contributed by atoms with Crippen molar-refractivity contribution in [1.29, 1.82) is 0 Å². The summed E-state index contributed by atoms with van der Waals surface area (Å²) >= 11 is 0. The van der Waals surface area contributed by atoms with Gasteiger partial charge in [-0.25, -0.2) is 4.79 Å². The number of Topliss-reactive ketones (excluding diaryl/α,β-unsaturated/α-hetero) is 1. The van der Waals surface area contributed by atoms with Crippen molar-refractivity contribution in [2.45, 2.75) is 33.6 Å². The first-order chi connectivity index (χ1) is 17.2. The average molecular weight is 492 g/mol. The number of carbonyl (C=O) groups is 2. The summed E-state index contributed by atoms with van der Waals surface area (Å²) in [6, 6.07) is 10.8. The standard InChI is InChI=1S/C28H29NO7/c1-6-34-26(31)12-10-21-16(2)20-9-7-19(14-25(20)36-28(21)32)35-15-24(30)27-17(3)29(4)23-11-8-18(33-5)13-22(23)27/h7-9,11,13-14H,6,10,12,15H2,1-5H3. The summed E-state index contributed by atoms with van der Waals surface area (Å²) in [5.74, 6) is 0.556. The molecule has 2 aromatic heterocycles. The first kappa shape index (κ1) is 25.0. The summed E-state index contributed by atoms with van der Waals surface area (Å²) in [7, 11) is 3.50. The quantitative estimate of drug-likeness (QED) is 0.191. The number of ether oxygens (including phenoxy) is 3. The van der Waals surface area contributed by atoms with Gasteiger partial charge in [-0.1, -0.05) is 0 Å². The molecule has 0 bridgehead atoms. The number of methoxy groups -OCH3 is 1. The number of aryl methyl sites for hydroxylation is 2. The third-order valence-corrected chi connectivity index (χ3v) is 6.49. The van der Waals surface area contributed by atoms with E-state index >= 15 is 0 Å². The zero-order valence-corrected chi connectivity index (χ0v) is 21.1. The van der Waals surface area contributed by atoms with E-state index in [1.807, 2.05) is 43.7 Å². The van der Waals surface area contributed by atoms with E-state index in [2.05, 4.69) is 0 Å². The Bertz CT molecular complexity index is 1530. The van der Waals surface area contributed by atoms with Gasteiger partial charge >= 0.3 is 11.6 Å². The largest absolute Gasteiger partial charge is 0.497 e. The number of esters is 1. The fourth-order valence-electron chi connectivity index (χ4n) is 4.46. The number of ketones is 1. The van der Waals surface area contributed by atoms with Gasteiger partial charge in [0.15, 0.2) is 6.61 Å². The highest BCUT2D eigenvalue weighted by molar-refractivity contribution is 6.10. The zero-order chi connectivity index (χ0) is 26.0. The first-order valence-electron chi connectivity index (χ1n) is 11.8. The number of carbonyl (C=O) groups excluding carboxylic acids is 2. The summed E-state index contributed by atoms with van der Waals surface area (Å²) in [6.07, 6.45) is 0.346. The Morgan fingerprint density at radius 2 is 1.78 bits per heavy atom. The minimum absolute atomic E-state index is 0.105. The Morgan fingerprint density at radius 1 is 1.03 bits per heavy atom. The van der Waals surface area contributed by atoms with Crippen LogP contribution in [0.4, 0.5) is 0 Å². The van der Waals surface area contributed by atoms with E-state index in [0.29, 0.717) is 34.8 Å². The molecule has 2 aromatic carbocycles. The van der Waals surface area contributed by atoms with Gasteiger partial charge in [0.05, 0.1) is 13.7 Å². The predicted octanol–water partition coefficient (Wildman–Crippen LogP) is 4.67. The molecule has 188 valence electrons. The maximum absolute atomic E-state index is 13.2. The van der Waals surface area contributed by atoms with E-state index in [1.165, 1.54) is 0 Å². The van der Waals surface area contributed by atoms with Crippen LogP contribution >= 0.6 is 0 Å². The summed E-state index contributed by atoms with van der Waals surface area (Å²) in [5, 5.41) is 1.54. The molecule has 0 saturated heterocycles. The van der Waals surface area contributed by atoms with E-state index in [4.69, 9.17) is 18.6 Å². The van der Waals surface area contributed by atoms with Crippen molar-refractivity contribution in [2.75, 3.05) is 20.3 Å². The lowest BCUT2D eigenvalue weighted by Crippen LogP contribution is -2.14. The molecule has 0 saturated carbocycles. The lowest BCUT2D eigenvalue weighted by Gasteiger charge is -2.10. The molecule has 4 rings (SSSR count). The molecular formula is C28H29NO7. The number of hydrogen-bond acceptors (Lipinski definition) is 7. The highest BCUT2D eigenvalue weighted by Crippen LogP contribution is 2.30. The van der Waals surface area contributed by atoms with Gasteiger partial charge in [-0.05, 0) is 63.1 Å². The SMILES string of the molecule is CCOC(=O)CCc1c(C)c2ccc(OCC(=O)c3c(C)n(C)c4ccc(OC)cc34)cc2oc1=O. The highest BCUT2D eigenvalue weighted by atomic mass is 16.5. The van der Waals surface area contributed by atoms with Crippen molar-refractivity contribution in [3.63, 3.8) is 0 Å². The number of aromatic nitrogens is 1. The van der Waals surface area contributed by atoms with Crippen LogP contribution in [0.1, 0.15) is 40.5 Å². The van der Waals surface area contributed by atoms with Crippen molar-refractivity contribution >= 4 is 33.6 Å². The zero-order valence-electron chi connectivity index (χ0n) is 21.1. The molecular weight excluding hydrogens is 462 g/mol. The fraction of sp³-hybridized carbons (Fsp3) is 0.321. The fourth-order valence-corrected chi connectivity index (χ4v) is 4.46. The molecule has 0 aliphatic carbocycles. The minimum atomic E-state index is -0.502. The average Bonchev–Trinajstić information content (AvgIpc) is 3.11. The van der Waals surface area contributed by atoms with E-state index in [1.54, 1.807) is 32.2 Å². The number of hydrogen-bond donors (Lipinski definition) is 0. The second-order valence-corrected chi connectivity index (χ2v) is 8.57. The smallest absolute Gasteiger partial charge is 0.339 e. The second kappa shape index (κ2) is 10.3. The molecule has 2 heterocycles. The molecule has 0 amide bonds. The van der Waals surface area contributed by atoms with Gasteiger partial charge in [0.1, 0.15) is 17.1 Å². The van der Waals surface area contributed by atoms with Gasteiger partial charge in [0.25, 0.3) is 0 Å². The molecule has 0 aliphatic rings. The Labute approximate surface area is 208 Å². The van der Waals surface area contributed by atoms with Crippen LogP contribution in [0.3, 0.4) is 0 Å². The van der Waals surface area contributed by atoms with Crippen molar-refractivity contribution in [3.05, 3.63) is 69.2 Å². The topological polar surface area (TPSA) is 97.0 Å². The maximum Gasteiger partial charge on any atom is 0.339 e. The molecule has 8 heteroatoms. The lowest BCUT2D eigenvalue weighted by molar-refractivity contribution is -0.143. The van der Waals surface area contributed by atoms with Crippen LogP contribution < -0.4 is 15.1 Å². The predicted molar refractivity (Wildman–Crippen MR) is 136 cm³/mol. The van der Waals surface area contributed by atoms with Crippen LogP contribution in [0.5, 0.6) is 11.5 Å². The van der Waals surface area contributed by atoms with E-state index in [0.717, 1.165) is 27.5 Å². The van der Waals surface area contributed by atoms with Gasteiger partial charge in [-0.2, -0.15) is 0 Å². The monoisotopic (exact) mass is 491 g/mol. The van der Waals surface area contributed by atoms with E-state index in [9.17, 15) is 14.4 Å². The van der Waals surface area contributed by atoms with Gasteiger partial charge in [0, 0.05) is 52.6 Å². The molecule has 0 radical (unpaired) electrons. The van der Waals surface area contributed by atoms with Crippen LogP contribution in [0.2, 0.25) is 0 Å². The van der Waals surface area contributed by atoms with Gasteiger partial charge in [0.2, 0.25) is 5.78 Å². The third kappa shape index (κ3) is 4.71. The van der Waals surface area contributed by atoms with E-state index in [-0.39, 0.29) is 31.2 Å². The summed E-state index contributed by atoms with van der Waals surface area (Å²) in [6.45, 7) is 5.57. The normalized spacial score (nSPS) is 11.1. The van der Waals surface area contributed by atoms with Crippen LogP contribution in [0, 0.1) is 13.8 Å². The Morgan fingerprint density at radius 3 is 2.50 bits per heavy atom. The third-order valence-electron chi connectivity index (χ3n) is 6.49. The minimum Gasteiger partial charge on any atom is -0.497 e. The molecule has 0 unspecified atom stereocenters. The molecule has 0 atom stereocenters. The Balaban J connectivity index is 1.56. The summed E-state index contributed by atoms with van der Waals surface area (Å²) < 4.78 is 23.6. The van der Waals surface area contributed by atoms with Crippen molar-refractivity contribution in [2.24, 2.45) is 7.05 Å². The lowest BCUT2D eigenvalue weighted by atomic mass is 10.0. The maximum atomic E-state index is 13.2. The van der Waals surface area contributed by atoms with Gasteiger partial charge in [-0.15, -0.1) is 0 Å². The molecule has 0 fully saturated rings. The van der Waals surface area contributed by atoms with Crippen LogP contribution in [0.25, 0.3) is 21.9 Å². The molecule has 4 aromatic rings. The van der Waals surface area contributed by atoms with Crippen molar-refractivity contribution < 1.29 is 28.2 Å². The van der Waals surface area contributed by atoms with Crippen LogP contribution in [-0.2, 0) is 23.0 Å². The van der Waals surface area contributed by atoms with E-state index < -0.39 is 5.63 Å².